The van der Waals surface area contributed by atoms with Gasteiger partial charge in [-0.15, -0.1) is 0 Å². The molecule has 1 amide bonds. The van der Waals surface area contributed by atoms with Crippen LogP contribution in [0.1, 0.15) is 11.3 Å². The van der Waals surface area contributed by atoms with Crippen LogP contribution in [0.2, 0.25) is 5.02 Å². The molecule has 1 N–H and O–H groups in total. The molecule has 164 valence electrons. The van der Waals surface area contributed by atoms with Crippen molar-refractivity contribution in [2.24, 2.45) is 7.05 Å². The van der Waals surface area contributed by atoms with Crippen LogP contribution >= 0.6 is 11.6 Å². The summed E-state index contributed by atoms with van der Waals surface area (Å²) >= 11 is 5.96. The van der Waals surface area contributed by atoms with Crippen molar-refractivity contribution < 1.29 is 13.2 Å². The maximum Gasteiger partial charge on any atom is 0.295 e. The molecule has 0 atom stereocenters. The molecule has 0 fully saturated rings. The van der Waals surface area contributed by atoms with Gasteiger partial charge in [0.05, 0.1) is 23.3 Å². The molecule has 3 aromatic rings. The predicted octanol–water partition coefficient (Wildman–Crippen LogP) is 2.85. The second-order valence-corrected chi connectivity index (χ2v) is 9.53. The highest BCUT2D eigenvalue weighted by Gasteiger charge is 2.24. The normalized spacial score (nSPS) is 11.4. The third-order valence-corrected chi connectivity index (χ3v) is 6.30. The Labute approximate surface area is 185 Å². The third kappa shape index (κ3) is 4.67. The van der Waals surface area contributed by atoms with E-state index in [1.165, 1.54) is 4.68 Å². The number of halogens is 1. The zero-order valence-corrected chi connectivity index (χ0v) is 19.2. The number of amides is 1. The molecule has 0 bridgehead atoms. The van der Waals surface area contributed by atoms with Crippen molar-refractivity contribution >= 4 is 38.9 Å². The molecule has 0 unspecified atom stereocenters. The summed E-state index contributed by atoms with van der Waals surface area (Å²) in [6.45, 7) is 2.92. The van der Waals surface area contributed by atoms with Crippen LogP contribution in [0.25, 0.3) is 5.69 Å². The molecule has 8 nitrogen and oxygen atoms in total. The van der Waals surface area contributed by atoms with Gasteiger partial charge in [-0.25, -0.2) is 13.1 Å². The van der Waals surface area contributed by atoms with E-state index in [0.717, 1.165) is 10.6 Å². The van der Waals surface area contributed by atoms with E-state index >= 15 is 0 Å². The van der Waals surface area contributed by atoms with E-state index in [2.05, 4.69) is 5.32 Å². The minimum absolute atomic E-state index is 0.0950. The van der Waals surface area contributed by atoms with Gasteiger partial charge in [0, 0.05) is 12.1 Å². The Balaban J connectivity index is 1.93. The third-order valence-electron chi connectivity index (χ3n) is 4.93. The molecule has 0 spiro atoms. The first-order chi connectivity index (χ1) is 14.5. The number of benzene rings is 2. The van der Waals surface area contributed by atoms with Crippen LogP contribution in [-0.2, 0) is 21.9 Å². The zero-order valence-electron chi connectivity index (χ0n) is 17.6. The molecule has 0 aliphatic rings. The number of para-hydroxylation sites is 1. The summed E-state index contributed by atoms with van der Waals surface area (Å²) in [7, 11) is -2.06. The monoisotopic (exact) mass is 462 g/mol. The van der Waals surface area contributed by atoms with Gasteiger partial charge in [-0.2, -0.15) is 0 Å². The minimum Gasteiger partial charge on any atom is -0.318 e. The summed E-state index contributed by atoms with van der Waals surface area (Å²) in [4.78, 5) is 25.8. The Hall–Kier alpha value is -3.04. The van der Waals surface area contributed by atoms with E-state index in [4.69, 9.17) is 11.6 Å². The fourth-order valence-electron chi connectivity index (χ4n) is 3.30. The molecule has 0 saturated carbocycles. The molecule has 0 aliphatic carbocycles. The summed E-state index contributed by atoms with van der Waals surface area (Å²) in [6.07, 6.45) is 1.02. The lowest BCUT2D eigenvalue weighted by Crippen LogP contribution is -2.38. The van der Waals surface area contributed by atoms with Gasteiger partial charge in [-0.1, -0.05) is 29.8 Å². The van der Waals surface area contributed by atoms with E-state index in [1.54, 1.807) is 68.0 Å². The van der Waals surface area contributed by atoms with Crippen LogP contribution in [0.4, 0.5) is 11.4 Å². The maximum absolute atomic E-state index is 13.0. The smallest absolute Gasteiger partial charge is 0.295 e. The van der Waals surface area contributed by atoms with Crippen molar-refractivity contribution in [2.45, 2.75) is 13.8 Å². The van der Waals surface area contributed by atoms with Gasteiger partial charge < -0.3 is 5.32 Å². The number of aryl methyl sites for hydroxylation is 1. The largest absolute Gasteiger partial charge is 0.318 e. The highest BCUT2D eigenvalue weighted by atomic mass is 35.5. The molecule has 1 heterocycles. The highest BCUT2D eigenvalue weighted by molar-refractivity contribution is 7.92. The fourth-order valence-corrected chi connectivity index (χ4v) is 4.44. The molecule has 3 rings (SSSR count). The van der Waals surface area contributed by atoms with Gasteiger partial charge in [0.25, 0.3) is 5.56 Å². The molecule has 2 aromatic carbocycles. The van der Waals surface area contributed by atoms with E-state index in [0.29, 0.717) is 27.7 Å². The van der Waals surface area contributed by atoms with E-state index in [-0.39, 0.29) is 5.69 Å². The number of hydrogen-bond donors (Lipinski definition) is 1. The molecule has 0 saturated heterocycles. The molecular weight excluding hydrogens is 440 g/mol. The summed E-state index contributed by atoms with van der Waals surface area (Å²) < 4.78 is 28.8. The highest BCUT2D eigenvalue weighted by Crippen LogP contribution is 2.25. The van der Waals surface area contributed by atoms with Crippen molar-refractivity contribution in [3.05, 3.63) is 75.2 Å². The Morgan fingerprint density at radius 2 is 1.77 bits per heavy atom. The predicted molar refractivity (Wildman–Crippen MR) is 123 cm³/mol. The van der Waals surface area contributed by atoms with Crippen molar-refractivity contribution in [3.8, 4) is 5.69 Å². The number of carbonyl (C=O) groups is 1. The number of rotatable bonds is 6. The van der Waals surface area contributed by atoms with Crippen molar-refractivity contribution in [1.29, 1.82) is 0 Å². The van der Waals surface area contributed by atoms with Crippen molar-refractivity contribution in [3.63, 3.8) is 0 Å². The molecule has 31 heavy (non-hydrogen) atoms. The van der Waals surface area contributed by atoms with Crippen LogP contribution in [0.5, 0.6) is 0 Å². The number of nitrogens with zero attached hydrogens (tertiary/aromatic N) is 3. The van der Waals surface area contributed by atoms with Gasteiger partial charge >= 0.3 is 0 Å². The number of hydrogen-bond acceptors (Lipinski definition) is 4. The van der Waals surface area contributed by atoms with E-state index in [1.807, 2.05) is 6.07 Å². The number of nitrogens with one attached hydrogen (secondary N) is 1. The van der Waals surface area contributed by atoms with Crippen molar-refractivity contribution in [2.75, 3.05) is 22.4 Å². The van der Waals surface area contributed by atoms with Gasteiger partial charge in [0.2, 0.25) is 15.9 Å². The van der Waals surface area contributed by atoms with Crippen LogP contribution in [0, 0.1) is 13.8 Å². The first-order valence-electron chi connectivity index (χ1n) is 9.38. The molecule has 1 aromatic heterocycles. The first kappa shape index (κ1) is 22.6. The molecule has 0 aliphatic heterocycles. The summed E-state index contributed by atoms with van der Waals surface area (Å²) in [5.74, 6) is -0.634. The van der Waals surface area contributed by atoms with Gasteiger partial charge in [-0.05, 0) is 49.7 Å². The fraction of sp³-hybridized carbons (Fsp3) is 0.238. The Kier molecular flexibility index (Phi) is 6.28. The zero-order chi connectivity index (χ0) is 22.9. The van der Waals surface area contributed by atoms with Crippen LogP contribution in [0.3, 0.4) is 0 Å². The lowest BCUT2D eigenvalue weighted by Gasteiger charge is -2.23. The summed E-state index contributed by atoms with van der Waals surface area (Å²) in [5.41, 5.74) is 1.82. The molecule has 10 heteroatoms. The number of anilines is 2. The van der Waals surface area contributed by atoms with Crippen LogP contribution in [0.15, 0.2) is 53.3 Å². The molecule has 0 radical (unpaired) electrons. The second-order valence-electron chi connectivity index (χ2n) is 7.19. The maximum atomic E-state index is 13.0. The lowest BCUT2D eigenvalue weighted by atomic mass is 10.2. The SMILES string of the molecule is Cc1cc(Cl)ccc1N(CC(=O)Nc1c(C)n(C)n(-c2ccccc2)c1=O)S(C)(=O)=O. The minimum atomic E-state index is -3.77. The summed E-state index contributed by atoms with van der Waals surface area (Å²) in [5, 5.41) is 3.05. The van der Waals surface area contributed by atoms with Gasteiger partial charge in [-0.3, -0.25) is 18.6 Å². The van der Waals surface area contributed by atoms with Crippen molar-refractivity contribution in [1.82, 2.24) is 9.36 Å². The number of sulfonamides is 1. The quantitative estimate of drug-likeness (QED) is 0.609. The Morgan fingerprint density at radius 1 is 1.13 bits per heavy atom. The lowest BCUT2D eigenvalue weighted by molar-refractivity contribution is -0.114. The van der Waals surface area contributed by atoms with Gasteiger partial charge in [0.1, 0.15) is 12.2 Å². The van der Waals surface area contributed by atoms with Gasteiger partial charge in [0.15, 0.2) is 0 Å². The number of aromatic nitrogens is 2. The Bertz CT molecular complexity index is 1300. The number of carbonyl (C=O) groups excluding carboxylic acids is 1. The van der Waals surface area contributed by atoms with E-state index in [9.17, 15) is 18.0 Å². The standard InChI is InChI=1S/C21H23ClN4O4S/c1-14-12-16(22)10-11-18(14)25(31(4,29)30)13-19(27)23-20-15(2)24(3)26(21(20)28)17-8-6-5-7-9-17/h5-12H,13H2,1-4H3,(H,23,27). The Morgan fingerprint density at radius 3 is 2.35 bits per heavy atom. The average molecular weight is 463 g/mol. The molecular formula is C21H23ClN4O4S. The average Bonchev–Trinajstić information content (AvgIpc) is 2.90. The van der Waals surface area contributed by atoms with Crippen LogP contribution < -0.4 is 15.2 Å². The summed E-state index contributed by atoms with van der Waals surface area (Å²) in [6, 6.07) is 13.7. The van der Waals surface area contributed by atoms with E-state index < -0.39 is 28.0 Å². The van der Waals surface area contributed by atoms with Crippen LogP contribution in [-0.4, -0.2) is 36.5 Å². The topological polar surface area (TPSA) is 93.4 Å². The second kappa shape index (κ2) is 8.60. The first-order valence-corrected chi connectivity index (χ1v) is 11.6.